The summed E-state index contributed by atoms with van der Waals surface area (Å²) in [4.78, 5) is 11.5. The maximum atomic E-state index is 11.5. The largest absolute Gasteiger partial charge is 0.483 e. The highest BCUT2D eigenvalue weighted by atomic mass is 16.5. The number of aliphatic hydroxyl groups excluding tert-OH is 1. The average molecular weight is 267 g/mol. The van der Waals surface area contributed by atoms with Gasteiger partial charge in [0.15, 0.2) is 6.61 Å². The molecule has 0 aromatic heterocycles. The summed E-state index contributed by atoms with van der Waals surface area (Å²) in [6.07, 6.45) is 0. The summed E-state index contributed by atoms with van der Waals surface area (Å²) in [7, 11) is 0. The number of ether oxygens (including phenoxy) is 2. The van der Waals surface area contributed by atoms with Gasteiger partial charge in [-0.15, -0.1) is 0 Å². The van der Waals surface area contributed by atoms with Crippen LogP contribution in [0.5, 0.6) is 5.75 Å². The standard InChI is InChI=1S/C14H21NO4/c1-11-4-3-5-12(2)14(11)19-10-13(17)15-6-8-18-9-7-16/h3-5,16H,6-10H2,1-2H3,(H,15,17). The zero-order valence-corrected chi connectivity index (χ0v) is 11.4. The van der Waals surface area contributed by atoms with E-state index in [1.165, 1.54) is 0 Å². The normalized spacial score (nSPS) is 10.3. The molecule has 0 atom stereocenters. The van der Waals surface area contributed by atoms with E-state index in [1.54, 1.807) is 0 Å². The molecule has 0 aliphatic heterocycles. The molecule has 0 bridgehead atoms. The Balaban J connectivity index is 2.26. The molecule has 0 saturated carbocycles. The number of carbonyl (C=O) groups excluding carboxylic acids is 1. The van der Waals surface area contributed by atoms with Gasteiger partial charge in [-0.25, -0.2) is 0 Å². The summed E-state index contributed by atoms with van der Waals surface area (Å²) < 4.78 is 10.5. The highest BCUT2D eigenvalue weighted by molar-refractivity contribution is 5.77. The minimum Gasteiger partial charge on any atom is -0.483 e. The molecule has 0 fully saturated rings. The van der Waals surface area contributed by atoms with Crippen LogP contribution < -0.4 is 10.1 Å². The van der Waals surface area contributed by atoms with Gasteiger partial charge in [0, 0.05) is 6.54 Å². The Bertz CT molecular complexity index is 386. The van der Waals surface area contributed by atoms with Crippen LogP contribution in [-0.4, -0.2) is 44.0 Å². The molecule has 0 aliphatic carbocycles. The molecule has 5 heteroatoms. The Morgan fingerprint density at radius 3 is 2.58 bits per heavy atom. The summed E-state index contributed by atoms with van der Waals surface area (Å²) in [6, 6.07) is 5.85. The molecular formula is C14H21NO4. The molecule has 0 spiro atoms. The zero-order chi connectivity index (χ0) is 14.1. The van der Waals surface area contributed by atoms with Crippen molar-refractivity contribution in [3.63, 3.8) is 0 Å². The second kappa shape index (κ2) is 8.50. The second-order valence-corrected chi connectivity index (χ2v) is 4.20. The van der Waals surface area contributed by atoms with E-state index in [0.717, 1.165) is 16.9 Å². The van der Waals surface area contributed by atoms with Gasteiger partial charge in [0.25, 0.3) is 5.91 Å². The van der Waals surface area contributed by atoms with Crippen molar-refractivity contribution in [1.29, 1.82) is 0 Å². The first-order valence-electron chi connectivity index (χ1n) is 6.29. The van der Waals surface area contributed by atoms with Crippen LogP contribution in [0.15, 0.2) is 18.2 Å². The van der Waals surface area contributed by atoms with Gasteiger partial charge in [-0.1, -0.05) is 18.2 Å². The lowest BCUT2D eigenvalue weighted by atomic mass is 10.1. The quantitative estimate of drug-likeness (QED) is 0.684. The highest BCUT2D eigenvalue weighted by Crippen LogP contribution is 2.21. The molecule has 106 valence electrons. The van der Waals surface area contributed by atoms with E-state index in [0.29, 0.717) is 13.2 Å². The van der Waals surface area contributed by atoms with Crippen LogP contribution in [0.2, 0.25) is 0 Å². The highest BCUT2D eigenvalue weighted by Gasteiger charge is 2.06. The van der Waals surface area contributed by atoms with Crippen molar-refractivity contribution in [2.45, 2.75) is 13.8 Å². The molecule has 0 heterocycles. The van der Waals surface area contributed by atoms with Crippen LogP contribution in [-0.2, 0) is 9.53 Å². The third-order valence-electron chi connectivity index (χ3n) is 2.56. The van der Waals surface area contributed by atoms with Crippen LogP contribution in [0.3, 0.4) is 0 Å². The van der Waals surface area contributed by atoms with E-state index < -0.39 is 0 Å². The molecular weight excluding hydrogens is 246 g/mol. The predicted octanol–water partition coefficient (Wildman–Crippen LogP) is 0.807. The predicted molar refractivity (Wildman–Crippen MR) is 72.3 cm³/mol. The third-order valence-corrected chi connectivity index (χ3v) is 2.56. The van der Waals surface area contributed by atoms with E-state index in [2.05, 4.69) is 5.32 Å². The van der Waals surface area contributed by atoms with Crippen LogP contribution in [0.4, 0.5) is 0 Å². The van der Waals surface area contributed by atoms with Gasteiger partial charge in [-0.2, -0.15) is 0 Å². The number of benzene rings is 1. The lowest BCUT2D eigenvalue weighted by Gasteiger charge is -2.11. The van der Waals surface area contributed by atoms with Crippen molar-refractivity contribution in [3.05, 3.63) is 29.3 Å². The number of carbonyl (C=O) groups is 1. The minimum absolute atomic E-state index is 0.00824. The Hall–Kier alpha value is -1.59. The van der Waals surface area contributed by atoms with Crippen LogP contribution >= 0.6 is 0 Å². The molecule has 1 aromatic rings. The molecule has 5 nitrogen and oxygen atoms in total. The van der Waals surface area contributed by atoms with Crippen molar-refractivity contribution in [2.24, 2.45) is 0 Å². The van der Waals surface area contributed by atoms with Crippen LogP contribution in [0.1, 0.15) is 11.1 Å². The maximum absolute atomic E-state index is 11.5. The molecule has 1 amide bonds. The summed E-state index contributed by atoms with van der Waals surface area (Å²) in [5.74, 6) is 0.574. The van der Waals surface area contributed by atoms with Gasteiger partial charge in [-0.05, 0) is 25.0 Å². The van der Waals surface area contributed by atoms with Crippen molar-refractivity contribution in [1.82, 2.24) is 5.32 Å². The second-order valence-electron chi connectivity index (χ2n) is 4.20. The number of nitrogens with one attached hydrogen (secondary N) is 1. The van der Waals surface area contributed by atoms with Gasteiger partial charge in [0.2, 0.25) is 0 Å². The summed E-state index contributed by atoms with van der Waals surface area (Å²) in [6.45, 7) is 4.96. The number of rotatable bonds is 8. The Labute approximate surface area is 113 Å². The Kier molecular flexibility index (Phi) is 6.92. The number of hydrogen-bond acceptors (Lipinski definition) is 4. The van der Waals surface area contributed by atoms with E-state index >= 15 is 0 Å². The maximum Gasteiger partial charge on any atom is 0.258 e. The van der Waals surface area contributed by atoms with Crippen LogP contribution in [0, 0.1) is 13.8 Å². The van der Waals surface area contributed by atoms with Crippen LogP contribution in [0.25, 0.3) is 0 Å². The number of hydrogen-bond donors (Lipinski definition) is 2. The lowest BCUT2D eigenvalue weighted by molar-refractivity contribution is -0.123. The van der Waals surface area contributed by atoms with Crippen molar-refractivity contribution in [2.75, 3.05) is 33.0 Å². The minimum atomic E-state index is -0.185. The molecule has 0 radical (unpaired) electrons. The number of aryl methyl sites for hydroxylation is 2. The Morgan fingerprint density at radius 2 is 1.95 bits per heavy atom. The number of aliphatic hydroxyl groups is 1. The zero-order valence-electron chi connectivity index (χ0n) is 11.4. The van der Waals surface area contributed by atoms with E-state index in [9.17, 15) is 4.79 Å². The summed E-state index contributed by atoms with van der Waals surface area (Å²) in [5.41, 5.74) is 2.03. The first-order chi connectivity index (χ1) is 9.15. The van der Waals surface area contributed by atoms with Gasteiger partial charge >= 0.3 is 0 Å². The molecule has 0 aliphatic rings. The number of amides is 1. The lowest BCUT2D eigenvalue weighted by Crippen LogP contribution is -2.32. The molecule has 1 aromatic carbocycles. The Morgan fingerprint density at radius 1 is 1.26 bits per heavy atom. The van der Waals surface area contributed by atoms with Gasteiger partial charge in [0.1, 0.15) is 5.75 Å². The monoisotopic (exact) mass is 267 g/mol. The fourth-order valence-electron chi connectivity index (χ4n) is 1.64. The average Bonchev–Trinajstić information content (AvgIpc) is 2.38. The first kappa shape index (κ1) is 15.5. The smallest absolute Gasteiger partial charge is 0.258 e. The molecule has 1 rings (SSSR count). The fourth-order valence-corrected chi connectivity index (χ4v) is 1.64. The topological polar surface area (TPSA) is 67.8 Å². The van der Waals surface area contributed by atoms with E-state index in [4.69, 9.17) is 14.6 Å². The van der Waals surface area contributed by atoms with E-state index in [-0.39, 0.29) is 25.7 Å². The molecule has 0 saturated heterocycles. The first-order valence-corrected chi connectivity index (χ1v) is 6.29. The SMILES string of the molecule is Cc1cccc(C)c1OCC(=O)NCCOCCO. The summed E-state index contributed by atoms with van der Waals surface area (Å²) >= 11 is 0. The van der Waals surface area contributed by atoms with Crippen molar-refractivity contribution >= 4 is 5.91 Å². The van der Waals surface area contributed by atoms with Gasteiger partial charge < -0.3 is 19.9 Å². The van der Waals surface area contributed by atoms with E-state index in [1.807, 2.05) is 32.0 Å². The molecule has 2 N–H and O–H groups in total. The van der Waals surface area contributed by atoms with Crippen molar-refractivity contribution in [3.8, 4) is 5.75 Å². The molecule has 0 unspecified atom stereocenters. The summed E-state index contributed by atoms with van der Waals surface area (Å²) in [5, 5.41) is 11.2. The fraction of sp³-hybridized carbons (Fsp3) is 0.500. The van der Waals surface area contributed by atoms with Gasteiger partial charge in [-0.3, -0.25) is 4.79 Å². The third kappa shape index (κ3) is 5.72. The molecule has 19 heavy (non-hydrogen) atoms. The van der Waals surface area contributed by atoms with Gasteiger partial charge in [0.05, 0.1) is 19.8 Å². The number of para-hydroxylation sites is 1. The van der Waals surface area contributed by atoms with Crippen molar-refractivity contribution < 1.29 is 19.4 Å².